The molecule has 24 heavy (non-hydrogen) atoms. The lowest BCUT2D eigenvalue weighted by Crippen LogP contribution is -2.27. The molecule has 0 bridgehead atoms. The Labute approximate surface area is 142 Å². The molecule has 0 aliphatic carbocycles. The summed E-state index contributed by atoms with van der Waals surface area (Å²) in [6, 6.07) is 2.03. The average molecular weight is 345 g/mol. The summed E-state index contributed by atoms with van der Waals surface area (Å²) in [5, 5.41) is 0.897. The van der Waals surface area contributed by atoms with E-state index in [0.717, 1.165) is 34.7 Å². The van der Waals surface area contributed by atoms with Gasteiger partial charge in [-0.25, -0.2) is 9.97 Å². The molecule has 0 fully saturated rings. The number of anilines is 1. The van der Waals surface area contributed by atoms with Crippen LogP contribution in [0.2, 0.25) is 0 Å². The van der Waals surface area contributed by atoms with Gasteiger partial charge in [-0.05, 0) is 32.4 Å². The minimum absolute atomic E-state index is 0.173. The summed E-state index contributed by atoms with van der Waals surface area (Å²) < 4.78 is 1.74. The number of hydrogen-bond donors (Lipinski definition) is 1. The number of carbonyl (C=O) groups is 1. The Bertz CT molecular complexity index is 987. The Kier molecular flexibility index (Phi) is 4.23. The quantitative estimate of drug-likeness (QED) is 0.759. The second-order valence-corrected chi connectivity index (χ2v) is 6.57. The van der Waals surface area contributed by atoms with E-state index in [9.17, 15) is 9.59 Å². The number of rotatable bonds is 5. The highest BCUT2D eigenvalue weighted by Crippen LogP contribution is 2.33. The third-order valence-electron chi connectivity index (χ3n) is 4.02. The van der Waals surface area contributed by atoms with Crippen molar-refractivity contribution in [2.45, 2.75) is 27.3 Å². The highest BCUT2D eigenvalue weighted by Gasteiger charge is 2.17. The van der Waals surface area contributed by atoms with Crippen molar-refractivity contribution < 1.29 is 4.79 Å². The molecule has 2 N–H and O–H groups in total. The summed E-state index contributed by atoms with van der Waals surface area (Å²) >= 11 is 1.31. The Balaban J connectivity index is 2.27. The molecule has 8 heteroatoms. The van der Waals surface area contributed by atoms with Crippen LogP contribution < -0.4 is 16.2 Å². The number of primary amides is 1. The van der Waals surface area contributed by atoms with Gasteiger partial charge in [0.1, 0.15) is 21.9 Å². The van der Waals surface area contributed by atoms with Gasteiger partial charge in [-0.1, -0.05) is 0 Å². The Hall–Kier alpha value is -2.48. The van der Waals surface area contributed by atoms with Crippen LogP contribution in [0, 0.1) is 6.92 Å². The number of hydrogen-bond acceptors (Lipinski definition) is 6. The van der Waals surface area contributed by atoms with Crippen molar-refractivity contribution in [3.05, 3.63) is 28.3 Å². The minimum atomic E-state index is -0.572. The number of aryl methyl sites for hydroxylation is 1. The van der Waals surface area contributed by atoms with Gasteiger partial charge in [0.25, 0.3) is 5.56 Å². The molecule has 126 valence electrons. The van der Waals surface area contributed by atoms with E-state index in [0.29, 0.717) is 10.2 Å². The molecular weight excluding hydrogens is 326 g/mol. The predicted molar refractivity (Wildman–Crippen MR) is 96.7 cm³/mol. The molecule has 0 unspecified atom stereocenters. The minimum Gasteiger partial charge on any atom is -0.368 e. The van der Waals surface area contributed by atoms with Crippen molar-refractivity contribution in [3.63, 3.8) is 0 Å². The van der Waals surface area contributed by atoms with Gasteiger partial charge in [0.2, 0.25) is 5.91 Å². The normalized spacial score (nSPS) is 11.3. The van der Waals surface area contributed by atoms with E-state index in [1.54, 1.807) is 0 Å². The van der Waals surface area contributed by atoms with Crippen LogP contribution >= 0.6 is 11.3 Å². The number of nitrogens with zero attached hydrogens (tertiary/aromatic N) is 4. The first-order valence-electron chi connectivity index (χ1n) is 7.78. The van der Waals surface area contributed by atoms with Crippen LogP contribution in [0.3, 0.4) is 0 Å². The van der Waals surface area contributed by atoms with Crippen molar-refractivity contribution >= 4 is 43.5 Å². The smallest absolute Gasteiger partial charge is 0.271 e. The van der Waals surface area contributed by atoms with Gasteiger partial charge in [0.15, 0.2) is 0 Å². The van der Waals surface area contributed by atoms with Crippen LogP contribution in [-0.4, -0.2) is 33.5 Å². The van der Waals surface area contributed by atoms with Gasteiger partial charge >= 0.3 is 0 Å². The molecule has 3 heterocycles. The van der Waals surface area contributed by atoms with Gasteiger partial charge in [0.05, 0.1) is 11.8 Å². The molecule has 0 saturated heterocycles. The van der Waals surface area contributed by atoms with Gasteiger partial charge < -0.3 is 10.6 Å². The van der Waals surface area contributed by atoms with E-state index in [2.05, 4.69) is 23.7 Å². The van der Waals surface area contributed by atoms with E-state index in [-0.39, 0.29) is 12.1 Å². The van der Waals surface area contributed by atoms with Crippen LogP contribution in [-0.2, 0) is 11.3 Å². The van der Waals surface area contributed by atoms with Crippen LogP contribution in [0.25, 0.3) is 20.4 Å². The third kappa shape index (κ3) is 2.62. The number of amides is 1. The predicted octanol–water partition coefficient (Wildman–Crippen LogP) is 1.65. The zero-order valence-electron chi connectivity index (χ0n) is 13.9. The zero-order valence-corrected chi connectivity index (χ0v) is 14.7. The van der Waals surface area contributed by atoms with Crippen LogP contribution in [0.1, 0.15) is 19.4 Å². The van der Waals surface area contributed by atoms with E-state index in [1.165, 1.54) is 22.2 Å². The molecule has 1 amide bonds. The van der Waals surface area contributed by atoms with Crippen molar-refractivity contribution in [3.8, 4) is 0 Å². The fraction of sp³-hybridized carbons (Fsp3) is 0.375. The average Bonchev–Trinajstić information content (AvgIpc) is 2.91. The molecule has 0 aliphatic rings. The SMILES string of the molecule is CCN(CC)c1cc(C)c2c(n1)sc1c(=O)n(CC(N)=O)cnc12. The van der Waals surface area contributed by atoms with Crippen LogP contribution in [0.5, 0.6) is 0 Å². The Morgan fingerprint density at radius 1 is 1.38 bits per heavy atom. The molecule has 0 aliphatic heterocycles. The first-order chi connectivity index (χ1) is 11.5. The van der Waals surface area contributed by atoms with E-state index in [1.807, 2.05) is 13.0 Å². The Morgan fingerprint density at radius 3 is 2.71 bits per heavy atom. The maximum atomic E-state index is 12.6. The Morgan fingerprint density at radius 2 is 2.08 bits per heavy atom. The summed E-state index contributed by atoms with van der Waals surface area (Å²) in [4.78, 5) is 35.7. The van der Waals surface area contributed by atoms with Crippen molar-refractivity contribution in [1.82, 2.24) is 14.5 Å². The lowest BCUT2D eigenvalue weighted by molar-refractivity contribution is -0.118. The molecule has 0 radical (unpaired) electrons. The molecule has 0 aromatic carbocycles. The summed E-state index contributed by atoms with van der Waals surface area (Å²) in [5.74, 6) is 0.325. The van der Waals surface area contributed by atoms with E-state index in [4.69, 9.17) is 10.7 Å². The number of nitrogens with two attached hydrogens (primary N) is 1. The molecule has 3 aromatic heterocycles. The second kappa shape index (κ2) is 6.20. The highest BCUT2D eigenvalue weighted by molar-refractivity contribution is 7.25. The van der Waals surface area contributed by atoms with Crippen molar-refractivity contribution in [2.24, 2.45) is 5.73 Å². The fourth-order valence-corrected chi connectivity index (χ4v) is 3.96. The first-order valence-corrected chi connectivity index (χ1v) is 8.60. The highest BCUT2D eigenvalue weighted by atomic mass is 32.1. The van der Waals surface area contributed by atoms with Crippen molar-refractivity contribution in [1.29, 1.82) is 0 Å². The monoisotopic (exact) mass is 345 g/mol. The van der Waals surface area contributed by atoms with Crippen molar-refractivity contribution in [2.75, 3.05) is 18.0 Å². The zero-order chi connectivity index (χ0) is 17.4. The number of thiophene rings is 1. The molecular formula is C16H19N5O2S. The van der Waals surface area contributed by atoms with Gasteiger partial charge in [-0.15, -0.1) is 11.3 Å². The lowest BCUT2D eigenvalue weighted by atomic mass is 10.2. The maximum Gasteiger partial charge on any atom is 0.271 e. The summed E-state index contributed by atoms with van der Waals surface area (Å²) in [6.45, 7) is 7.72. The summed E-state index contributed by atoms with van der Waals surface area (Å²) in [5.41, 5.74) is 6.59. The molecule has 0 saturated carbocycles. The topological polar surface area (TPSA) is 94.1 Å². The molecule has 7 nitrogen and oxygen atoms in total. The third-order valence-corrected chi connectivity index (χ3v) is 5.08. The van der Waals surface area contributed by atoms with Crippen LogP contribution in [0.15, 0.2) is 17.2 Å². The summed E-state index contributed by atoms with van der Waals surface area (Å²) in [6.07, 6.45) is 1.37. The molecule has 0 atom stereocenters. The van der Waals surface area contributed by atoms with E-state index < -0.39 is 5.91 Å². The largest absolute Gasteiger partial charge is 0.368 e. The first kappa shape index (κ1) is 16.4. The number of aromatic nitrogens is 3. The van der Waals surface area contributed by atoms with Gasteiger partial charge in [0, 0.05) is 18.5 Å². The van der Waals surface area contributed by atoms with Crippen LogP contribution in [0.4, 0.5) is 5.82 Å². The number of fused-ring (bicyclic) bond motifs is 3. The maximum absolute atomic E-state index is 12.6. The van der Waals surface area contributed by atoms with Gasteiger partial charge in [-0.3, -0.25) is 14.2 Å². The summed E-state index contributed by atoms with van der Waals surface area (Å²) in [7, 11) is 0. The molecule has 3 aromatic rings. The lowest BCUT2D eigenvalue weighted by Gasteiger charge is -2.20. The number of carbonyl (C=O) groups excluding carboxylic acids is 1. The van der Waals surface area contributed by atoms with E-state index >= 15 is 0 Å². The van der Waals surface area contributed by atoms with Gasteiger partial charge in [-0.2, -0.15) is 0 Å². The molecule has 3 rings (SSSR count). The second-order valence-electron chi connectivity index (χ2n) is 5.57. The fourth-order valence-electron chi connectivity index (χ4n) is 2.82. The number of pyridine rings is 1. The molecule has 0 spiro atoms. The standard InChI is InChI=1S/C16H19N5O2S/c1-4-20(5-2)11-6-9(3)12-13-14(24-15(12)19-11)16(23)21(8-18-13)7-10(17)22/h6,8H,4-5,7H2,1-3H3,(H2,17,22).